The van der Waals surface area contributed by atoms with E-state index in [1.165, 1.54) is 5.56 Å². The number of nitrogens with zero attached hydrogens (tertiary/aromatic N) is 2. The SMILES string of the molecule is COc1cc2cc(/N=C(\N)Cc3ccccc3)nc(Cc3ccccc3)c2cc1OC. The monoisotopic (exact) mass is 411 g/mol. The van der Waals surface area contributed by atoms with Crippen molar-refractivity contribution >= 4 is 22.4 Å². The second-order valence-electron chi connectivity index (χ2n) is 7.28. The van der Waals surface area contributed by atoms with Gasteiger partial charge >= 0.3 is 0 Å². The third-order valence-electron chi connectivity index (χ3n) is 5.10. The summed E-state index contributed by atoms with van der Waals surface area (Å²) in [7, 11) is 3.27. The highest BCUT2D eigenvalue weighted by Crippen LogP contribution is 2.35. The van der Waals surface area contributed by atoms with Crippen molar-refractivity contribution in [3.05, 3.63) is 95.7 Å². The lowest BCUT2D eigenvalue weighted by molar-refractivity contribution is 0.356. The van der Waals surface area contributed by atoms with Gasteiger partial charge in [0.2, 0.25) is 0 Å². The molecule has 1 aromatic heterocycles. The van der Waals surface area contributed by atoms with Gasteiger partial charge in [0.1, 0.15) is 5.84 Å². The zero-order valence-electron chi connectivity index (χ0n) is 17.7. The van der Waals surface area contributed by atoms with Gasteiger partial charge in [-0.1, -0.05) is 60.7 Å². The van der Waals surface area contributed by atoms with Gasteiger partial charge in [-0.3, -0.25) is 0 Å². The van der Waals surface area contributed by atoms with E-state index in [1.54, 1.807) is 14.2 Å². The number of aliphatic imine (C=N–C) groups is 1. The fourth-order valence-electron chi connectivity index (χ4n) is 3.61. The zero-order chi connectivity index (χ0) is 21.6. The summed E-state index contributed by atoms with van der Waals surface area (Å²) in [6.45, 7) is 0. The van der Waals surface area contributed by atoms with Crippen LogP contribution in [-0.4, -0.2) is 25.0 Å². The predicted molar refractivity (Wildman–Crippen MR) is 126 cm³/mol. The third kappa shape index (κ3) is 4.83. The van der Waals surface area contributed by atoms with Gasteiger partial charge in [-0.2, -0.15) is 0 Å². The molecular weight excluding hydrogens is 386 g/mol. The van der Waals surface area contributed by atoms with E-state index in [0.29, 0.717) is 36.0 Å². The molecular formula is C26H25N3O2. The van der Waals surface area contributed by atoms with Crippen LogP contribution in [0, 0.1) is 0 Å². The summed E-state index contributed by atoms with van der Waals surface area (Å²) in [6, 6.07) is 26.2. The number of aromatic nitrogens is 1. The molecule has 0 unspecified atom stereocenters. The van der Waals surface area contributed by atoms with Crippen LogP contribution in [0.4, 0.5) is 5.82 Å². The van der Waals surface area contributed by atoms with Crippen molar-refractivity contribution < 1.29 is 9.47 Å². The first kappa shape index (κ1) is 20.4. The van der Waals surface area contributed by atoms with E-state index in [0.717, 1.165) is 22.0 Å². The molecule has 3 aromatic carbocycles. The number of nitrogens with two attached hydrogens (primary N) is 1. The van der Waals surface area contributed by atoms with Gasteiger partial charge in [-0.15, -0.1) is 0 Å². The lowest BCUT2D eigenvalue weighted by Crippen LogP contribution is -2.14. The van der Waals surface area contributed by atoms with E-state index in [-0.39, 0.29) is 0 Å². The molecule has 4 aromatic rings. The Kier molecular flexibility index (Phi) is 6.13. The van der Waals surface area contributed by atoms with Crippen molar-refractivity contribution in [3.63, 3.8) is 0 Å². The highest BCUT2D eigenvalue weighted by Gasteiger charge is 2.13. The number of pyridine rings is 1. The zero-order valence-corrected chi connectivity index (χ0v) is 17.7. The number of hydrogen-bond acceptors (Lipinski definition) is 4. The maximum absolute atomic E-state index is 6.25. The first-order chi connectivity index (χ1) is 15.2. The van der Waals surface area contributed by atoms with Crippen molar-refractivity contribution in [3.8, 4) is 11.5 Å². The average Bonchev–Trinajstić information content (AvgIpc) is 2.79. The van der Waals surface area contributed by atoms with Crippen LogP contribution in [0.15, 0.2) is 83.9 Å². The summed E-state index contributed by atoms with van der Waals surface area (Å²) < 4.78 is 11.0. The Morgan fingerprint density at radius 3 is 2.10 bits per heavy atom. The first-order valence-electron chi connectivity index (χ1n) is 10.1. The quantitative estimate of drug-likeness (QED) is 0.340. The molecule has 0 saturated heterocycles. The molecule has 156 valence electrons. The van der Waals surface area contributed by atoms with Crippen LogP contribution in [-0.2, 0) is 12.8 Å². The molecule has 5 nitrogen and oxygen atoms in total. The second kappa shape index (κ2) is 9.30. The Labute approximate surface area is 182 Å². The summed E-state index contributed by atoms with van der Waals surface area (Å²) in [5, 5.41) is 1.98. The molecule has 0 saturated carbocycles. The minimum atomic E-state index is 0.518. The second-order valence-corrected chi connectivity index (χ2v) is 7.28. The van der Waals surface area contributed by atoms with Gasteiger partial charge < -0.3 is 15.2 Å². The summed E-state index contributed by atoms with van der Waals surface area (Å²) in [5.41, 5.74) is 9.45. The predicted octanol–water partition coefficient (Wildman–Crippen LogP) is 5.07. The number of methoxy groups -OCH3 is 2. The smallest absolute Gasteiger partial charge is 0.161 e. The van der Waals surface area contributed by atoms with E-state index in [9.17, 15) is 0 Å². The molecule has 4 rings (SSSR count). The van der Waals surface area contributed by atoms with Gasteiger partial charge in [0, 0.05) is 18.2 Å². The lowest BCUT2D eigenvalue weighted by atomic mass is 10.0. The molecule has 0 aliphatic rings. The Bertz CT molecular complexity index is 1210. The standard InChI is InChI=1S/C26H25N3O2/c1-30-23-15-20-16-26(29-25(27)14-19-11-7-4-8-12-19)28-22(21(20)17-24(23)31-2)13-18-9-5-3-6-10-18/h3-12,15-17H,13-14H2,1-2H3,(H2,27,28,29). The minimum Gasteiger partial charge on any atom is -0.493 e. The number of ether oxygens (including phenoxy) is 2. The van der Waals surface area contributed by atoms with Crippen molar-refractivity contribution in [1.29, 1.82) is 0 Å². The van der Waals surface area contributed by atoms with Crippen LogP contribution in [0.25, 0.3) is 10.8 Å². The lowest BCUT2D eigenvalue weighted by Gasteiger charge is -2.13. The van der Waals surface area contributed by atoms with Crippen molar-refractivity contribution in [2.45, 2.75) is 12.8 Å². The summed E-state index contributed by atoms with van der Waals surface area (Å²) in [6.07, 6.45) is 1.25. The fourth-order valence-corrected chi connectivity index (χ4v) is 3.61. The number of hydrogen-bond donors (Lipinski definition) is 1. The molecule has 0 amide bonds. The Hall–Kier alpha value is -3.86. The first-order valence-corrected chi connectivity index (χ1v) is 10.1. The maximum Gasteiger partial charge on any atom is 0.161 e. The normalized spacial score (nSPS) is 11.5. The van der Waals surface area contributed by atoms with E-state index < -0.39 is 0 Å². The maximum atomic E-state index is 6.25. The van der Waals surface area contributed by atoms with Gasteiger partial charge in [0.25, 0.3) is 0 Å². The molecule has 0 bridgehead atoms. The highest BCUT2D eigenvalue weighted by molar-refractivity contribution is 5.91. The van der Waals surface area contributed by atoms with Crippen LogP contribution in [0.2, 0.25) is 0 Å². The third-order valence-corrected chi connectivity index (χ3v) is 5.10. The van der Waals surface area contributed by atoms with Crippen molar-refractivity contribution in [2.24, 2.45) is 10.7 Å². The summed E-state index contributed by atoms with van der Waals surface area (Å²) >= 11 is 0. The fraction of sp³-hybridized carbons (Fsp3) is 0.154. The largest absolute Gasteiger partial charge is 0.493 e. The summed E-state index contributed by atoms with van der Waals surface area (Å²) in [5.74, 6) is 2.44. The van der Waals surface area contributed by atoms with Gasteiger partial charge in [0.05, 0.1) is 19.9 Å². The van der Waals surface area contributed by atoms with Crippen molar-refractivity contribution in [2.75, 3.05) is 14.2 Å². The molecule has 0 radical (unpaired) electrons. The summed E-state index contributed by atoms with van der Waals surface area (Å²) in [4.78, 5) is 9.46. The Balaban J connectivity index is 1.79. The number of benzene rings is 3. The van der Waals surface area contributed by atoms with E-state index >= 15 is 0 Å². The molecule has 31 heavy (non-hydrogen) atoms. The van der Waals surface area contributed by atoms with Crippen molar-refractivity contribution in [1.82, 2.24) is 4.98 Å². The van der Waals surface area contributed by atoms with Gasteiger partial charge in [-0.25, -0.2) is 9.98 Å². The van der Waals surface area contributed by atoms with Crippen LogP contribution in [0.5, 0.6) is 11.5 Å². The molecule has 0 atom stereocenters. The average molecular weight is 412 g/mol. The molecule has 0 aliphatic carbocycles. The van der Waals surface area contributed by atoms with Crippen LogP contribution in [0.3, 0.4) is 0 Å². The van der Waals surface area contributed by atoms with E-state index in [1.807, 2.05) is 66.7 Å². The highest BCUT2D eigenvalue weighted by atomic mass is 16.5. The Morgan fingerprint density at radius 1 is 0.839 bits per heavy atom. The topological polar surface area (TPSA) is 69.7 Å². The number of rotatable bonds is 7. The molecule has 0 aliphatic heterocycles. The van der Waals surface area contributed by atoms with Crippen LogP contribution < -0.4 is 15.2 Å². The van der Waals surface area contributed by atoms with Gasteiger partial charge in [-0.05, 0) is 34.7 Å². The molecule has 0 fully saturated rings. The molecule has 0 spiro atoms. The van der Waals surface area contributed by atoms with E-state index in [4.69, 9.17) is 20.2 Å². The van der Waals surface area contributed by atoms with Crippen LogP contribution in [0.1, 0.15) is 16.8 Å². The minimum absolute atomic E-state index is 0.518. The molecule has 1 heterocycles. The Morgan fingerprint density at radius 2 is 1.45 bits per heavy atom. The molecule has 2 N–H and O–H groups in total. The van der Waals surface area contributed by atoms with Crippen LogP contribution >= 0.6 is 0 Å². The number of fused-ring (bicyclic) bond motifs is 1. The molecule has 5 heteroatoms. The number of amidine groups is 1. The van der Waals surface area contributed by atoms with E-state index in [2.05, 4.69) is 17.1 Å². The van der Waals surface area contributed by atoms with Gasteiger partial charge in [0.15, 0.2) is 17.3 Å².